The van der Waals surface area contributed by atoms with Gasteiger partial charge in [0.05, 0.1) is 11.6 Å². The summed E-state index contributed by atoms with van der Waals surface area (Å²) < 4.78 is 7.86. The number of aromatic nitrogens is 4. The molecule has 2 aromatic heterocycles. The Morgan fingerprint density at radius 3 is 3.05 bits per heavy atom. The fraction of sp³-hybridized carbons (Fsp3) is 0.0833. The number of nitrogens with one attached hydrogen (secondary N) is 1. The Morgan fingerprint density at radius 2 is 2.26 bits per heavy atom. The van der Waals surface area contributed by atoms with Crippen molar-refractivity contribution in [3.05, 3.63) is 41.4 Å². The summed E-state index contributed by atoms with van der Waals surface area (Å²) in [5.41, 5.74) is 1.56. The zero-order chi connectivity index (χ0) is 13.2. The third-order valence-corrected chi connectivity index (χ3v) is 3.25. The van der Waals surface area contributed by atoms with Crippen molar-refractivity contribution in [2.45, 2.75) is 0 Å². The van der Waals surface area contributed by atoms with Crippen LogP contribution >= 0.6 is 15.9 Å². The molecule has 19 heavy (non-hydrogen) atoms. The van der Waals surface area contributed by atoms with Crippen molar-refractivity contribution in [2.75, 3.05) is 12.4 Å². The number of anilines is 2. The molecule has 0 amide bonds. The molecule has 0 radical (unpaired) electrons. The van der Waals surface area contributed by atoms with Gasteiger partial charge >= 0.3 is 0 Å². The van der Waals surface area contributed by atoms with Gasteiger partial charge in [-0.3, -0.25) is 4.40 Å². The molecule has 3 aromatic rings. The lowest BCUT2D eigenvalue weighted by Crippen LogP contribution is -1.97. The van der Waals surface area contributed by atoms with Crippen LogP contribution in [-0.4, -0.2) is 26.7 Å². The number of rotatable bonds is 3. The van der Waals surface area contributed by atoms with E-state index >= 15 is 0 Å². The van der Waals surface area contributed by atoms with Crippen LogP contribution in [0.25, 0.3) is 5.65 Å². The highest BCUT2D eigenvalue weighted by molar-refractivity contribution is 9.10. The van der Waals surface area contributed by atoms with Gasteiger partial charge in [-0.2, -0.15) is 0 Å². The van der Waals surface area contributed by atoms with Crippen LogP contribution in [0.3, 0.4) is 0 Å². The Labute approximate surface area is 117 Å². The Kier molecular flexibility index (Phi) is 3.04. The van der Waals surface area contributed by atoms with E-state index in [0.717, 1.165) is 15.9 Å². The maximum Gasteiger partial charge on any atom is 0.203 e. The Hall–Kier alpha value is -2.15. The monoisotopic (exact) mass is 319 g/mol. The number of fused-ring (bicyclic) bond motifs is 1. The molecule has 0 spiro atoms. The van der Waals surface area contributed by atoms with Crippen molar-refractivity contribution in [3.8, 4) is 5.75 Å². The van der Waals surface area contributed by atoms with Crippen molar-refractivity contribution in [1.29, 1.82) is 0 Å². The summed E-state index contributed by atoms with van der Waals surface area (Å²) in [7, 11) is 1.63. The third kappa shape index (κ3) is 2.24. The molecule has 0 fully saturated rings. The molecule has 2 heterocycles. The molecular weight excluding hydrogens is 310 g/mol. The normalized spacial score (nSPS) is 10.6. The molecule has 1 aromatic carbocycles. The van der Waals surface area contributed by atoms with E-state index in [1.807, 2.05) is 18.2 Å². The van der Waals surface area contributed by atoms with Crippen molar-refractivity contribution in [1.82, 2.24) is 19.6 Å². The average Bonchev–Trinajstić information content (AvgIpc) is 2.88. The predicted molar refractivity (Wildman–Crippen MR) is 74.8 cm³/mol. The van der Waals surface area contributed by atoms with Crippen LogP contribution in [0.4, 0.5) is 11.5 Å². The fourth-order valence-electron chi connectivity index (χ4n) is 1.73. The average molecular weight is 320 g/mol. The van der Waals surface area contributed by atoms with Crippen molar-refractivity contribution in [3.63, 3.8) is 0 Å². The molecule has 0 unspecified atom stereocenters. The van der Waals surface area contributed by atoms with Crippen LogP contribution in [-0.2, 0) is 0 Å². The molecule has 0 aliphatic carbocycles. The van der Waals surface area contributed by atoms with E-state index in [9.17, 15) is 0 Å². The van der Waals surface area contributed by atoms with Gasteiger partial charge in [0.15, 0.2) is 5.82 Å². The minimum Gasteiger partial charge on any atom is -0.496 e. The summed E-state index contributed by atoms with van der Waals surface area (Å²) in [5, 5.41) is 11.1. The molecule has 6 nitrogen and oxygen atoms in total. The lowest BCUT2D eigenvalue weighted by Gasteiger charge is -2.08. The summed E-state index contributed by atoms with van der Waals surface area (Å²) >= 11 is 3.44. The molecule has 1 N–H and O–H groups in total. The second kappa shape index (κ2) is 4.85. The maximum absolute atomic E-state index is 5.19. The third-order valence-electron chi connectivity index (χ3n) is 2.63. The summed E-state index contributed by atoms with van der Waals surface area (Å²) in [6, 6.07) is 5.70. The number of halogens is 1. The van der Waals surface area contributed by atoms with E-state index in [1.54, 1.807) is 30.2 Å². The van der Waals surface area contributed by atoms with Gasteiger partial charge in [0.2, 0.25) is 5.65 Å². The SMILES string of the molecule is COc1ccc(Nc2nccn3cnnc23)cc1Br. The Morgan fingerprint density at radius 1 is 1.37 bits per heavy atom. The van der Waals surface area contributed by atoms with Crippen LogP contribution < -0.4 is 10.1 Å². The number of nitrogens with zero attached hydrogens (tertiary/aromatic N) is 4. The first-order chi connectivity index (χ1) is 9.28. The van der Waals surface area contributed by atoms with Gasteiger partial charge in [-0.25, -0.2) is 4.98 Å². The van der Waals surface area contributed by atoms with Gasteiger partial charge in [0.1, 0.15) is 12.1 Å². The molecule has 0 bridgehead atoms. The minimum absolute atomic E-state index is 0.650. The molecule has 0 saturated carbocycles. The van der Waals surface area contributed by atoms with Crippen LogP contribution in [0.15, 0.2) is 41.4 Å². The molecule has 0 aliphatic heterocycles. The van der Waals surface area contributed by atoms with Gasteiger partial charge in [-0.05, 0) is 34.1 Å². The topological polar surface area (TPSA) is 64.3 Å². The zero-order valence-electron chi connectivity index (χ0n) is 10.0. The van der Waals surface area contributed by atoms with Crippen LogP contribution in [0.2, 0.25) is 0 Å². The molecule has 0 saturated heterocycles. The molecule has 7 heteroatoms. The van der Waals surface area contributed by atoms with E-state index in [2.05, 4.69) is 36.4 Å². The summed E-state index contributed by atoms with van der Waals surface area (Å²) in [4.78, 5) is 4.27. The second-order valence-corrected chi connectivity index (χ2v) is 4.67. The lowest BCUT2D eigenvalue weighted by molar-refractivity contribution is 0.412. The first-order valence-corrected chi connectivity index (χ1v) is 6.32. The highest BCUT2D eigenvalue weighted by atomic mass is 79.9. The smallest absolute Gasteiger partial charge is 0.203 e. The number of benzene rings is 1. The zero-order valence-corrected chi connectivity index (χ0v) is 11.6. The van der Waals surface area contributed by atoms with Gasteiger partial charge in [0.25, 0.3) is 0 Å². The number of hydrogen-bond donors (Lipinski definition) is 1. The van der Waals surface area contributed by atoms with Gasteiger partial charge in [-0.1, -0.05) is 0 Å². The van der Waals surface area contributed by atoms with Crippen molar-refractivity contribution >= 4 is 33.1 Å². The minimum atomic E-state index is 0.650. The summed E-state index contributed by atoms with van der Waals surface area (Å²) in [6.07, 6.45) is 5.12. The fourth-order valence-corrected chi connectivity index (χ4v) is 2.27. The molecule has 0 atom stereocenters. The summed E-state index contributed by atoms with van der Waals surface area (Å²) in [6.45, 7) is 0. The highest BCUT2D eigenvalue weighted by Crippen LogP contribution is 2.29. The van der Waals surface area contributed by atoms with Crippen LogP contribution in [0, 0.1) is 0 Å². The predicted octanol–water partition coefficient (Wildman–Crippen LogP) is 2.64. The largest absolute Gasteiger partial charge is 0.496 e. The lowest BCUT2D eigenvalue weighted by atomic mass is 10.3. The second-order valence-electron chi connectivity index (χ2n) is 3.81. The van der Waals surface area contributed by atoms with Gasteiger partial charge in [0, 0.05) is 18.1 Å². The van der Waals surface area contributed by atoms with E-state index in [4.69, 9.17) is 4.74 Å². The number of ether oxygens (including phenoxy) is 1. The van der Waals surface area contributed by atoms with Crippen molar-refractivity contribution in [2.24, 2.45) is 0 Å². The van der Waals surface area contributed by atoms with Crippen molar-refractivity contribution < 1.29 is 4.74 Å². The van der Waals surface area contributed by atoms with Gasteiger partial charge < -0.3 is 10.1 Å². The summed E-state index contributed by atoms with van der Waals surface area (Å²) in [5.74, 6) is 1.43. The van der Waals surface area contributed by atoms with E-state index in [1.165, 1.54) is 0 Å². The molecule has 0 aliphatic rings. The van der Waals surface area contributed by atoms with E-state index in [-0.39, 0.29) is 0 Å². The molecular formula is C12H10BrN5O. The standard InChI is InChI=1S/C12H10BrN5O/c1-19-10-3-2-8(6-9(10)13)16-11-12-17-15-7-18(12)5-4-14-11/h2-7H,1H3,(H,14,16). The Bertz CT molecular complexity index is 727. The quantitative estimate of drug-likeness (QED) is 0.804. The van der Waals surface area contributed by atoms with Crippen LogP contribution in [0.1, 0.15) is 0 Å². The van der Waals surface area contributed by atoms with E-state index in [0.29, 0.717) is 11.5 Å². The molecule has 3 rings (SSSR count). The maximum atomic E-state index is 5.19. The highest BCUT2D eigenvalue weighted by Gasteiger charge is 2.06. The first kappa shape index (κ1) is 11.9. The Balaban J connectivity index is 1.97. The number of methoxy groups -OCH3 is 1. The first-order valence-electron chi connectivity index (χ1n) is 5.53. The van der Waals surface area contributed by atoms with Crippen LogP contribution in [0.5, 0.6) is 5.75 Å². The molecule has 96 valence electrons. The number of hydrogen-bond acceptors (Lipinski definition) is 5. The van der Waals surface area contributed by atoms with Gasteiger partial charge in [-0.15, -0.1) is 10.2 Å². The van der Waals surface area contributed by atoms with E-state index < -0.39 is 0 Å².